The molecule has 0 aliphatic heterocycles. The van der Waals surface area contributed by atoms with Gasteiger partial charge >= 0.3 is 0 Å². The van der Waals surface area contributed by atoms with Crippen LogP contribution >= 0.6 is 0 Å². The van der Waals surface area contributed by atoms with Crippen LogP contribution in [0.4, 0.5) is 5.69 Å². The SMILES string of the molecule is CC[C@H](C)NC(=O)[C@@H](Cc1ccccc1)N(Cc1ccccc1C)C(=O)CN(c1cc(C)ccc1C)S(C)(=O)=O. The summed E-state index contributed by atoms with van der Waals surface area (Å²) in [5, 5.41) is 3.05. The smallest absolute Gasteiger partial charge is 0.244 e. The van der Waals surface area contributed by atoms with Gasteiger partial charge in [-0.05, 0) is 68.0 Å². The van der Waals surface area contributed by atoms with Crippen molar-refractivity contribution in [1.82, 2.24) is 10.2 Å². The van der Waals surface area contributed by atoms with Crippen LogP contribution in [-0.4, -0.2) is 50.0 Å². The molecule has 2 amide bonds. The molecule has 0 aliphatic rings. The molecule has 3 aromatic rings. The summed E-state index contributed by atoms with van der Waals surface area (Å²) in [7, 11) is -3.81. The number of hydrogen-bond donors (Lipinski definition) is 1. The minimum Gasteiger partial charge on any atom is -0.352 e. The van der Waals surface area contributed by atoms with Gasteiger partial charge in [-0.15, -0.1) is 0 Å². The van der Waals surface area contributed by atoms with E-state index in [0.29, 0.717) is 12.1 Å². The standard InChI is InChI=1S/C32H41N3O4S/c1-7-26(5)33-32(37)30(20-27-14-9-8-10-15-27)34(21-28-16-12-11-13-24(28)3)31(36)22-35(40(6,38)39)29-19-23(2)17-18-25(29)4/h8-19,26,30H,7,20-22H2,1-6H3,(H,33,37)/t26-,30+/m0/s1. The Morgan fingerprint density at radius 1 is 0.900 bits per heavy atom. The van der Waals surface area contributed by atoms with E-state index < -0.39 is 28.5 Å². The van der Waals surface area contributed by atoms with E-state index in [4.69, 9.17) is 0 Å². The van der Waals surface area contributed by atoms with Crippen molar-refractivity contribution in [3.63, 3.8) is 0 Å². The van der Waals surface area contributed by atoms with Crippen molar-refractivity contribution in [3.05, 3.63) is 101 Å². The lowest BCUT2D eigenvalue weighted by atomic mass is 10.0. The molecule has 0 radical (unpaired) electrons. The van der Waals surface area contributed by atoms with Gasteiger partial charge < -0.3 is 10.2 Å². The monoisotopic (exact) mass is 563 g/mol. The Morgan fingerprint density at radius 2 is 1.55 bits per heavy atom. The van der Waals surface area contributed by atoms with Crippen LogP contribution in [-0.2, 0) is 32.6 Å². The first-order chi connectivity index (χ1) is 18.9. The molecule has 3 rings (SSSR count). The molecule has 0 spiro atoms. The maximum Gasteiger partial charge on any atom is 0.244 e. The maximum atomic E-state index is 14.2. The number of rotatable bonds is 12. The number of nitrogens with zero attached hydrogens (tertiary/aromatic N) is 2. The fourth-order valence-corrected chi connectivity index (χ4v) is 5.45. The largest absolute Gasteiger partial charge is 0.352 e. The quantitative estimate of drug-likeness (QED) is 0.339. The molecule has 40 heavy (non-hydrogen) atoms. The molecule has 2 atom stereocenters. The van der Waals surface area contributed by atoms with Gasteiger partial charge in [-0.25, -0.2) is 8.42 Å². The van der Waals surface area contributed by atoms with Gasteiger partial charge in [-0.2, -0.15) is 0 Å². The molecular formula is C32H41N3O4S. The van der Waals surface area contributed by atoms with Crippen LogP contribution in [0.25, 0.3) is 0 Å². The Bertz CT molecular complexity index is 1420. The van der Waals surface area contributed by atoms with Gasteiger partial charge in [0.15, 0.2) is 0 Å². The van der Waals surface area contributed by atoms with Gasteiger partial charge in [0, 0.05) is 19.0 Å². The summed E-state index contributed by atoms with van der Waals surface area (Å²) < 4.78 is 27.2. The third kappa shape index (κ3) is 8.18. The van der Waals surface area contributed by atoms with Gasteiger partial charge in [-0.1, -0.05) is 73.7 Å². The maximum absolute atomic E-state index is 14.2. The average Bonchev–Trinajstić information content (AvgIpc) is 2.91. The number of amides is 2. The van der Waals surface area contributed by atoms with Gasteiger partial charge in [0.2, 0.25) is 21.8 Å². The molecule has 0 aliphatic carbocycles. The number of benzene rings is 3. The highest BCUT2D eigenvalue weighted by Gasteiger charge is 2.34. The molecule has 214 valence electrons. The zero-order valence-electron chi connectivity index (χ0n) is 24.3. The number of sulfonamides is 1. The van der Waals surface area contributed by atoms with E-state index in [1.54, 1.807) is 6.07 Å². The summed E-state index contributed by atoms with van der Waals surface area (Å²) in [6, 6.07) is 21.9. The number of anilines is 1. The van der Waals surface area contributed by atoms with Crippen LogP contribution in [0.1, 0.15) is 48.1 Å². The van der Waals surface area contributed by atoms with E-state index in [1.165, 1.54) is 4.90 Å². The number of nitrogens with one attached hydrogen (secondary N) is 1. The summed E-state index contributed by atoms with van der Waals surface area (Å²) in [5.74, 6) is -0.715. The minimum absolute atomic E-state index is 0.0800. The second-order valence-corrected chi connectivity index (χ2v) is 12.4. The zero-order chi connectivity index (χ0) is 29.4. The Labute approximate surface area is 239 Å². The molecule has 3 aromatic carbocycles. The molecule has 0 bridgehead atoms. The van der Waals surface area contributed by atoms with Gasteiger partial charge in [0.1, 0.15) is 12.6 Å². The van der Waals surface area contributed by atoms with Crippen molar-refractivity contribution in [2.24, 2.45) is 0 Å². The summed E-state index contributed by atoms with van der Waals surface area (Å²) >= 11 is 0. The van der Waals surface area contributed by atoms with Crippen LogP contribution in [0.15, 0.2) is 72.8 Å². The third-order valence-corrected chi connectivity index (χ3v) is 8.31. The van der Waals surface area contributed by atoms with Crippen molar-refractivity contribution < 1.29 is 18.0 Å². The molecule has 0 aromatic heterocycles. The predicted molar refractivity (Wildman–Crippen MR) is 162 cm³/mol. The van der Waals surface area contributed by atoms with Crippen molar-refractivity contribution in [3.8, 4) is 0 Å². The molecule has 7 nitrogen and oxygen atoms in total. The first-order valence-electron chi connectivity index (χ1n) is 13.6. The van der Waals surface area contributed by atoms with Crippen LogP contribution in [0.2, 0.25) is 0 Å². The van der Waals surface area contributed by atoms with E-state index in [-0.39, 0.29) is 18.5 Å². The first kappa shape index (κ1) is 30.9. The van der Waals surface area contributed by atoms with Crippen molar-refractivity contribution >= 4 is 27.5 Å². The highest BCUT2D eigenvalue weighted by Crippen LogP contribution is 2.25. The summed E-state index contributed by atoms with van der Waals surface area (Å²) in [5.41, 5.74) is 4.86. The summed E-state index contributed by atoms with van der Waals surface area (Å²) in [6.45, 7) is 9.32. The van der Waals surface area contributed by atoms with Crippen molar-refractivity contribution in [1.29, 1.82) is 0 Å². The number of hydrogen-bond acceptors (Lipinski definition) is 4. The van der Waals surface area contributed by atoms with Crippen LogP contribution in [0, 0.1) is 20.8 Å². The van der Waals surface area contributed by atoms with E-state index in [2.05, 4.69) is 5.32 Å². The Hall–Kier alpha value is -3.65. The van der Waals surface area contributed by atoms with Gasteiger partial charge in [0.05, 0.1) is 11.9 Å². The highest BCUT2D eigenvalue weighted by molar-refractivity contribution is 7.92. The first-order valence-corrected chi connectivity index (χ1v) is 15.5. The molecule has 0 saturated heterocycles. The zero-order valence-corrected chi connectivity index (χ0v) is 25.2. The van der Waals surface area contributed by atoms with Gasteiger partial charge in [0.25, 0.3) is 0 Å². The van der Waals surface area contributed by atoms with E-state index in [1.807, 2.05) is 101 Å². The molecule has 8 heteroatoms. The Kier molecular flexibility index (Phi) is 10.5. The van der Waals surface area contributed by atoms with E-state index in [9.17, 15) is 18.0 Å². The van der Waals surface area contributed by atoms with Crippen molar-refractivity contribution in [2.45, 2.75) is 66.1 Å². The Morgan fingerprint density at radius 3 is 2.17 bits per heavy atom. The van der Waals surface area contributed by atoms with Gasteiger partial charge in [-0.3, -0.25) is 13.9 Å². The lowest BCUT2D eigenvalue weighted by Crippen LogP contribution is -2.54. The second-order valence-electron chi connectivity index (χ2n) is 10.5. The normalized spacial score (nSPS) is 12.8. The lowest BCUT2D eigenvalue weighted by Gasteiger charge is -2.34. The fraction of sp³-hybridized carbons (Fsp3) is 0.375. The molecule has 1 N–H and O–H groups in total. The Balaban J connectivity index is 2.10. The lowest BCUT2D eigenvalue weighted by molar-refractivity contribution is -0.140. The third-order valence-electron chi connectivity index (χ3n) is 7.19. The molecule has 0 fully saturated rings. The van der Waals surface area contributed by atoms with Crippen LogP contribution < -0.4 is 9.62 Å². The summed E-state index contributed by atoms with van der Waals surface area (Å²) in [4.78, 5) is 29.5. The topological polar surface area (TPSA) is 86.8 Å². The molecule has 0 heterocycles. The van der Waals surface area contributed by atoms with Crippen LogP contribution in [0.5, 0.6) is 0 Å². The second kappa shape index (κ2) is 13.6. The molecule has 0 unspecified atom stereocenters. The number of carbonyl (C=O) groups excluding carboxylic acids is 2. The average molecular weight is 564 g/mol. The highest BCUT2D eigenvalue weighted by atomic mass is 32.2. The molecule has 0 saturated carbocycles. The number of aryl methyl sites for hydroxylation is 3. The van der Waals surface area contributed by atoms with Crippen LogP contribution in [0.3, 0.4) is 0 Å². The van der Waals surface area contributed by atoms with E-state index >= 15 is 0 Å². The number of carbonyl (C=O) groups is 2. The molecular weight excluding hydrogens is 522 g/mol. The minimum atomic E-state index is -3.81. The van der Waals surface area contributed by atoms with Crippen molar-refractivity contribution in [2.75, 3.05) is 17.1 Å². The fourth-order valence-electron chi connectivity index (χ4n) is 4.55. The predicted octanol–water partition coefficient (Wildman–Crippen LogP) is 4.93. The van der Waals surface area contributed by atoms with E-state index in [0.717, 1.165) is 44.8 Å². The summed E-state index contributed by atoms with van der Waals surface area (Å²) in [6.07, 6.45) is 2.14.